The molecule has 1 N–H and O–H groups in total. The maximum atomic E-state index is 10.3. The molecule has 0 saturated heterocycles. The molecule has 0 radical (unpaired) electrons. The van der Waals surface area contributed by atoms with Crippen LogP contribution in [0.4, 0.5) is 0 Å². The van der Waals surface area contributed by atoms with E-state index in [1.807, 2.05) is 29.0 Å². The summed E-state index contributed by atoms with van der Waals surface area (Å²) < 4.78 is 0. The summed E-state index contributed by atoms with van der Waals surface area (Å²) in [4.78, 5) is 1.31. The van der Waals surface area contributed by atoms with Crippen molar-refractivity contribution >= 4 is 45.9 Å². The first-order valence-corrected chi connectivity index (χ1v) is 7.29. The van der Waals surface area contributed by atoms with E-state index in [1.165, 1.54) is 0 Å². The van der Waals surface area contributed by atoms with E-state index in [2.05, 4.69) is 0 Å². The largest absolute Gasteiger partial charge is 0.383 e. The Bertz CT molecular complexity index is 460. The maximum absolute atomic E-state index is 10.3. The zero-order valence-corrected chi connectivity index (χ0v) is 11.6. The second-order valence-corrected chi connectivity index (χ2v) is 6.55. The van der Waals surface area contributed by atoms with E-state index in [4.69, 9.17) is 23.2 Å². The summed E-state index contributed by atoms with van der Waals surface area (Å²) in [7, 11) is 0. The molecular weight excluding hydrogens is 283 g/mol. The maximum Gasteiger partial charge on any atom is 0.140 e. The van der Waals surface area contributed by atoms with Crippen LogP contribution in [0.5, 0.6) is 0 Å². The predicted molar refractivity (Wildman–Crippen MR) is 72.7 cm³/mol. The average molecular weight is 293 g/mol. The third kappa shape index (κ3) is 2.15. The van der Waals surface area contributed by atoms with Gasteiger partial charge in [-0.05, 0) is 29.8 Å². The minimum absolute atomic E-state index is 0.787. The van der Waals surface area contributed by atoms with Crippen molar-refractivity contribution in [1.82, 2.24) is 0 Å². The molecule has 0 aliphatic heterocycles. The SMILES string of the molecule is CC(O)(c1ccsc1-c1cccs1)C(Cl)Cl. The summed E-state index contributed by atoms with van der Waals surface area (Å²) >= 11 is 14.9. The molecule has 2 aromatic heterocycles. The summed E-state index contributed by atoms with van der Waals surface area (Å²) in [5.74, 6) is 0. The van der Waals surface area contributed by atoms with E-state index in [9.17, 15) is 5.11 Å². The molecule has 0 fully saturated rings. The van der Waals surface area contributed by atoms with Crippen LogP contribution in [0.1, 0.15) is 12.5 Å². The van der Waals surface area contributed by atoms with Crippen LogP contribution in [-0.4, -0.2) is 9.94 Å². The Morgan fingerprint density at radius 1 is 1.25 bits per heavy atom. The molecule has 0 aliphatic rings. The zero-order chi connectivity index (χ0) is 11.8. The van der Waals surface area contributed by atoms with Gasteiger partial charge in [0.15, 0.2) is 0 Å². The van der Waals surface area contributed by atoms with Crippen molar-refractivity contribution in [2.24, 2.45) is 0 Å². The molecule has 2 rings (SSSR count). The first-order valence-electron chi connectivity index (χ1n) is 4.66. The van der Waals surface area contributed by atoms with Gasteiger partial charge in [-0.25, -0.2) is 0 Å². The molecule has 0 bridgehead atoms. The molecular formula is C11H10Cl2OS2. The predicted octanol–water partition coefficient (Wildman–Crippen LogP) is 4.49. The van der Waals surface area contributed by atoms with Crippen molar-refractivity contribution in [2.75, 3.05) is 0 Å². The first-order chi connectivity index (χ1) is 7.53. The highest BCUT2D eigenvalue weighted by Crippen LogP contribution is 2.41. The Hall–Kier alpha value is -0.0600. The fourth-order valence-corrected chi connectivity index (χ4v) is 3.55. The fourth-order valence-electron chi connectivity index (χ4n) is 1.42. The van der Waals surface area contributed by atoms with Crippen molar-refractivity contribution in [1.29, 1.82) is 0 Å². The second kappa shape index (κ2) is 4.67. The molecule has 2 heterocycles. The number of halogens is 2. The van der Waals surface area contributed by atoms with Crippen LogP contribution < -0.4 is 0 Å². The second-order valence-electron chi connectivity index (χ2n) is 3.59. The fraction of sp³-hybridized carbons (Fsp3) is 0.273. The molecule has 2 aromatic rings. The van der Waals surface area contributed by atoms with Crippen LogP contribution >= 0.6 is 45.9 Å². The number of hydrogen-bond acceptors (Lipinski definition) is 3. The van der Waals surface area contributed by atoms with Crippen LogP contribution in [0.2, 0.25) is 0 Å². The summed E-state index contributed by atoms with van der Waals surface area (Å²) in [5.41, 5.74) is -0.433. The molecule has 0 spiro atoms. The van der Waals surface area contributed by atoms with E-state index in [-0.39, 0.29) is 0 Å². The van der Waals surface area contributed by atoms with Crippen LogP contribution in [0.3, 0.4) is 0 Å². The lowest BCUT2D eigenvalue weighted by molar-refractivity contribution is 0.0731. The van der Waals surface area contributed by atoms with Crippen LogP contribution in [0.25, 0.3) is 9.75 Å². The van der Waals surface area contributed by atoms with Gasteiger partial charge < -0.3 is 5.11 Å². The van der Waals surface area contributed by atoms with Crippen LogP contribution in [0, 0.1) is 0 Å². The van der Waals surface area contributed by atoms with Crippen molar-refractivity contribution in [3.63, 3.8) is 0 Å². The lowest BCUT2D eigenvalue weighted by Gasteiger charge is -2.25. The summed E-state index contributed by atoms with van der Waals surface area (Å²) in [6.07, 6.45) is 0. The Labute approximate surface area is 112 Å². The Morgan fingerprint density at radius 3 is 2.56 bits per heavy atom. The van der Waals surface area contributed by atoms with Crippen molar-refractivity contribution in [3.05, 3.63) is 34.5 Å². The van der Waals surface area contributed by atoms with Crippen molar-refractivity contribution < 1.29 is 5.11 Å². The van der Waals surface area contributed by atoms with Gasteiger partial charge in [0.1, 0.15) is 10.4 Å². The van der Waals surface area contributed by atoms with Gasteiger partial charge >= 0.3 is 0 Å². The Morgan fingerprint density at radius 2 is 2.00 bits per heavy atom. The molecule has 5 heteroatoms. The van der Waals surface area contributed by atoms with Gasteiger partial charge in [-0.1, -0.05) is 6.07 Å². The highest BCUT2D eigenvalue weighted by atomic mass is 35.5. The standard InChI is InChI=1S/C11H10Cl2OS2/c1-11(14,10(12)13)7-4-6-16-9(7)8-3-2-5-15-8/h2-6,10,14H,1H3. The molecule has 1 unspecified atom stereocenters. The number of thiophene rings is 2. The molecule has 0 aromatic carbocycles. The normalized spacial score (nSPS) is 15.3. The number of aliphatic hydroxyl groups is 1. The molecule has 0 amide bonds. The van der Waals surface area contributed by atoms with Gasteiger partial charge in [0.2, 0.25) is 0 Å². The number of rotatable bonds is 3. The molecule has 0 aliphatic carbocycles. The van der Waals surface area contributed by atoms with Crippen LogP contribution in [-0.2, 0) is 5.60 Å². The van der Waals surface area contributed by atoms with E-state index >= 15 is 0 Å². The topological polar surface area (TPSA) is 20.2 Å². The summed E-state index contributed by atoms with van der Waals surface area (Å²) in [6, 6.07) is 5.88. The Kier molecular flexibility index (Phi) is 3.62. The molecule has 1 nitrogen and oxygen atoms in total. The minimum atomic E-state index is -1.22. The van der Waals surface area contributed by atoms with Crippen LogP contribution in [0.15, 0.2) is 29.0 Å². The zero-order valence-electron chi connectivity index (χ0n) is 8.48. The summed E-state index contributed by atoms with van der Waals surface area (Å²) in [6.45, 7) is 1.64. The molecule has 86 valence electrons. The molecule has 16 heavy (non-hydrogen) atoms. The summed E-state index contributed by atoms with van der Waals surface area (Å²) in [5, 5.41) is 14.2. The third-order valence-corrected chi connectivity index (χ3v) is 5.19. The average Bonchev–Trinajstić information content (AvgIpc) is 2.88. The van der Waals surface area contributed by atoms with E-state index in [0.717, 1.165) is 15.3 Å². The number of alkyl halides is 2. The van der Waals surface area contributed by atoms with Crippen molar-refractivity contribution in [2.45, 2.75) is 17.4 Å². The lowest BCUT2D eigenvalue weighted by Crippen LogP contribution is -2.28. The molecule has 1 atom stereocenters. The highest BCUT2D eigenvalue weighted by molar-refractivity contribution is 7.20. The van der Waals surface area contributed by atoms with Gasteiger partial charge in [-0.15, -0.1) is 45.9 Å². The molecule has 0 saturated carbocycles. The van der Waals surface area contributed by atoms with Crippen molar-refractivity contribution in [3.8, 4) is 9.75 Å². The monoisotopic (exact) mass is 292 g/mol. The van der Waals surface area contributed by atoms with E-state index < -0.39 is 10.4 Å². The minimum Gasteiger partial charge on any atom is -0.383 e. The lowest BCUT2D eigenvalue weighted by atomic mass is 9.98. The quantitative estimate of drug-likeness (QED) is 0.827. The van der Waals surface area contributed by atoms with Gasteiger partial charge in [0, 0.05) is 10.4 Å². The van der Waals surface area contributed by atoms with Gasteiger partial charge in [-0.3, -0.25) is 0 Å². The van der Waals surface area contributed by atoms with Gasteiger partial charge in [-0.2, -0.15) is 0 Å². The van der Waals surface area contributed by atoms with E-state index in [0.29, 0.717) is 0 Å². The third-order valence-electron chi connectivity index (χ3n) is 2.38. The van der Waals surface area contributed by atoms with Gasteiger partial charge in [0.05, 0.1) is 4.88 Å². The Balaban J connectivity index is 2.48. The van der Waals surface area contributed by atoms with Gasteiger partial charge in [0.25, 0.3) is 0 Å². The smallest absolute Gasteiger partial charge is 0.140 e. The number of hydrogen-bond donors (Lipinski definition) is 1. The highest BCUT2D eigenvalue weighted by Gasteiger charge is 2.34. The van der Waals surface area contributed by atoms with E-state index in [1.54, 1.807) is 29.6 Å². The first kappa shape index (κ1) is 12.4.